The number of hydrogen-bond acceptors (Lipinski definition) is 3. The van der Waals surface area contributed by atoms with Gasteiger partial charge in [-0.25, -0.2) is 0 Å². The molecule has 0 aliphatic heterocycles. The number of halogens is 1. The molecule has 0 aliphatic carbocycles. The zero-order valence-electron chi connectivity index (χ0n) is 14.8. The average Bonchev–Trinajstić information content (AvgIpc) is 2.59. The molecule has 2 rings (SSSR count). The molecule has 0 aliphatic rings. The Labute approximate surface area is 154 Å². The second-order valence-electron chi connectivity index (χ2n) is 6.26. The molecule has 0 fully saturated rings. The van der Waals surface area contributed by atoms with E-state index in [0.717, 1.165) is 11.3 Å². The number of nitrogens with one attached hydrogen (secondary N) is 1. The summed E-state index contributed by atoms with van der Waals surface area (Å²) in [6, 6.07) is 15.0. The minimum atomic E-state index is -0.521. The summed E-state index contributed by atoms with van der Waals surface area (Å²) in [6.45, 7) is 4.36. The molecule has 0 spiro atoms. The highest BCUT2D eigenvalue weighted by Gasteiger charge is 2.25. The van der Waals surface area contributed by atoms with Crippen LogP contribution in [0, 0.1) is 0 Å². The van der Waals surface area contributed by atoms with E-state index in [4.69, 9.17) is 21.1 Å². The second kappa shape index (κ2) is 8.77. The maximum atomic E-state index is 12.3. The van der Waals surface area contributed by atoms with Gasteiger partial charge in [-0.3, -0.25) is 4.79 Å². The summed E-state index contributed by atoms with van der Waals surface area (Å²) in [5, 5.41) is 3.63. The first-order valence-electron chi connectivity index (χ1n) is 8.26. The normalized spacial score (nSPS) is 11.0. The van der Waals surface area contributed by atoms with Crippen molar-refractivity contribution in [1.82, 2.24) is 5.32 Å². The van der Waals surface area contributed by atoms with Gasteiger partial charge in [-0.15, -0.1) is 0 Å². The van der Waals surface area contributed by atoms with E-state index in [1.807, 2.05) is 56.3 Å². The quantitative estimate of drug-likeness (QED) is 0.701. The summed E-state index contributed by atoms with van der Waals surface area (Å²) in [4.78, 5) is 12.3. The van der Waals surface area contributed by atoms with Crippen molar-refractivity contribution in [3.63, 3.8) is 0 Å². The zero-order valence-corrected chi connectivity index (χ0v) is 15.6. The van der Waals surface area contributed by atoms with Crippen molar-refractivity contribution in [1.29, 1.82) is 0 Å². The summed E-state index contributed by atoms with van der Waals surface area (Å²) < 4.78 is 11.0. The number of rotatable bonds is 8. The van der Waals surface area contributed by atoms with Gasteiger partial charge in [0.15, 0.2) is 0 Å². The molecule has 5 heteroatoms. The Morgan fingerprint density at radius 2 is 1.72 bits per heavy atom. The Hall–Kier alpha value is -2.20. The van der Waals surface area contributed by atoms with Gasteiger partial charge in [0.2, 0.25) is 5.91 Å². The molecule has 0 radical (unpaired) electrons. The van der Waals surface area contributed by atoms with Crippen molar-refractivity contribution in [2.24, 2.45) is 0 Å². The van der Waals surface area contributed by atoms with Crippen LogP contribution in [0.2, 0.25) is 5.02 Å². The van der Waals surface area contributed by atoms with E-state index < -0.39 is 5.54 Å². The zero-order chi connectivity index (χ0) is 18.3. The third kappa shape index (κ3) is 5.40. The van der Waals surface area contributed by atoms with Crippen LogP contribution in [0.15, 0.2) is 48.5 Å². The number of hydrogen-bond donors (Lipinski definition) is 1. The third-order valence-corrected chi connectivity index (χ3v) is 4.19. The van der Waals surface area contributed by atoms with Crippen molar-refractivity contribution in [2.45, 2.75) is 32.2 Å². The number of ether oxygens (including phenoxy) is 2. The van der Waals surface area contributed by atoms with E-state index in [9.17, 15) is 4.79 Å². The van der Waals surface area contributed by atoms with Crippen molar-refractivity contribution in [3.05, 3.63) is 59.1 Å². The molecule has 0 heterocycles. The summed E-state index contributed by atoms with van der Waals surface area (Å²) in [6.07, 6.45) is 0.988. The topological polar surface area (TPSA) is 47.6 Å². The van der Waals surface area contributed by atoms with Gasteiger partial charge >= 0.3 is 0 Å². The maximum Gasteiger partial charge on any atom is 0.220 e. The fourth-order valence-electron chi connectivity index (χ4n) is 2.62. The smallest absolute Gasteiger partial charge is 0.220 e. The largest absolute Gasteiger partial charge is 0.496 e. The molecule has 0 saturated carbocycles. The number of carbonyl (C=O) groups excluding carboxylic acids is 1. The average molecular weight is 362 g/mol. The predicted molar refractivity (Wildman–Crippen MR) is 100 cm³/mol. The molecule has 0 aromatic heterocycles. The number of methoxy groups -OCH3 is 1. The number of carbonyl (C=O) groups is 1. The van der Waals surface area contributed by atoms with E-state index in [2.05, 4.69) is 5.32 Å². The van der Waals surface area contributed by atoms with Crippen LogP contribution in [0.4, 0.5) is 0 Å². The Balaban J connectivity index is 1.84. The van der Waals surface area contributed by atoms with Crippen LogP contribution in [0.5, 0.6) is 11.5 Å². The predicted octanol–water partition coefficient (Wildman–Crippen LogP) is 4.56. The van der Waals surface area contributed by atoms with Gasteiger partial charge < -0.3 is 14.8 Å². The molecule has 0 atom stereocenters. The van der Waals surface area contributed by atoms with Gasteiger partial charge in [0.05, 0.1) is 24.3 Å². The Bertz CT molecular complexity index is 716. The van der Waals surface area contributed by atoms with Gasteiger partial charge in [0, 0.05) is 12.0 Å². The maximum absolute atomic E-state index is 12.3. The summed E-state index contributed by atoms with van der Waals surface area (Å²) >= 11 is 6.03. The van der Waals surface area contributed by atoms with E-state index in [0.29, 0.717) is 30.2 Å². The lowest BCUT2D eigenvalue weighted by atomic mass is 9.93. The first-order chi connectivity index (χ1) is 11.9. The van der Waals surface area contributed by atoms with Gasteiger partial charge in [-0.1, -0.05) is 41.9 Å². The fourth-order valence-corrected chi connectivity index (χ4v) is 2.81. The first-order valence-corrected chi connectivity index (χ1v) is 8.63. The van der Waals surface area contributed by atoms with Crippen LogP contribution < -0.4 is 14.8 Å². The highest BCUT2D eigenvalue weighted by atomic mass is 35.5. The standard InChI is InChI=1S/C20H24ClNO3/c1-20(2,15-9-4-6-11-17(15)24-3)22-19(23)13-8-14-25-18-12-7-5-10-16(18)21/h4-7,9-12H,8,13-14H2,1-3H3,(H,22,23). The minimum absolute atomic E-state index is 0.0290. The molecule has 25 heavy (non-hydrogen) atoms. The van der Waals surface area contributed by atoms with E-state index in [1.54, 1.807) is 13.2 Å². The minimum Gasteiger partial charge on any atom is -0.496 e. The van der Waals surface area contributed by atoms with Gasteiger partial charge in [-0.05, 0) is 38.5 Å². The van der Waals surface area contributed by atoms with E-state index in [1.165, 1.54) is 0 Å². The second-order valence-corrected chi connectivity index (χ2v) is 6.66. The SMILES string of the molecule is COc1ccccc1C(C)(C)NC(=O)CCCOc1ccccc1Cl. The molecule has 1 N–H and O–H groups in total. The summed E-state index contributed by atoms with van der Waals surface area (Å²) in [5.41, 5.74) is 0.422. The van der Waals surface area contributed by atoms with Crippen LogP contribution in [0.25, 0.3) is 0 Å². The lowest BCUT2D eigenvalue weighted by Gasteiger charge is -2.28. The van der Waals surface area contributed by atoms with Crippen LogP contribution in [-0.4, -0.2) is 19.6 Å². The monoisotopic (exact) mass is 361 g/mol. The van der Waals surface area contributed by atoms with Crippen LogP contribution in [0.3, 0.4) is 0 Å². The van der Waals surface area contributed by atoms with Crippen LogP contribution in [-0.2, 0) is 10.3 Å². The first kappa shape index (κ1) is 19.1. The lowest BCUT2D eigenvalue weighted by Crippen LogP contribution is -2.41. The Kier molecular flexibility index (Phi) is 6.71. The Morgan fingerprint density at radius 3 is 2.40 bits per heavy atom. The molecule has 2 aromatic carbocycles. The van der Waals surface area contributed by atoms with Crippen molar-refractivity contribution in [3.8, 4) is 11.5 Å². The molecule has 0 unspecified atom stereocenters. The van der Waals surface area contributed by atoms with Crippen molar-refractivity contribution >= 4 is 17.5 Å². The molecule has 0 saturated heterocycles. The highest BCUT2D eigenvalue weighted by molar-refractivity contribution is 6.32. The molecule has 1 amide bonds. The molecule has 0 bridgehead atoms. The summed E-state index contributed by atoms with van der Waals surface area (Å²) in [5.74, 6) is 1.37. The molecular formula is C20H24ClNO3. The Morgan fingerprint density at radius 1 is 1.08 bits per heavy atom. The number of benzene rings is 2. The summed E-state index contributed by atoms with van der Waals surface area (Å²) in [7, 11) is 1.63. The van der Waals surface area contributed by atoms with Gasteiger partial charge in [-0.2, -0.15) is 0 Å². The highest BCUT2D eigenvalue weighted by Crippen LogP contribution is 2.29. The van der Waals surface area contributed by atoms with Crippen LogP contribution in [0.1, 0.15) is 32.3 Å². The van der Waals surface area contributed by atoms with Crippen LogP contribution >= 0.6 is 11.6 Å². The van der Waals surface area contributed by atoms with Crippen molar-refractivity contribution < 1.29 is 14.3 Å². The molecular weight excluding hydrogens is 338 g/mol. The lowest BCUT2D eigenvalue weighted by molar-refractivity contribution is -0.123. The third-order valence-electron chi connectivity index (χ3n) is 3.87. The van der Waals surface area contributed by atoms with E-state index in [-0.39, 0.29) is 5.91 Å². The number of amides is 1. The van der Waals surface area contributed by atoms with Crippen molar-refractivity contribution in [2.75, 3.05) is 13.7 Å². The molecule has 4 nitrogen and oxygen atoms in total. The molecule has 134 valence electrons. The fraction of sp³-hybridized carbons (Fsp3) is 0.350. The van der Waals surface area contributed by atoms with Gasteiger partial charge in [0.25, 0.3) is 0 Å². The van der Waals surface area contributed by atoms with Gasteiger partial charge in [0.1, 0.15) is 11.5 Å². The van der Waals surface area contributed by atoms with E-state index >= 15 is 0 Å². The number of para-hydroxylation sites is 2. The molecule has 2 aromatic rings.